The van der Waals surface area contributed by atoms with Gasteiger partial charge in [-0.25, -0.2) is 0 Å². The molecule has 1 atom stereocenters. The SMILES string of the molecule is COc1ccc([N+](=O)[O-])cc1NC(=O)[C@H](C)N1CCC(C(=O)Nc2ccccc2O)CC1. The van der Waals surface area contributed by atoms with Gasteiger partial charge < -0.3 is 20.5 Å². The number of benzene rings is 2. The highest BCUT2D eigenvalue weighted by Crippen LogP contribution is 2.30. The molecule has 1 aliphatic rings. The van der Waals surface area contributed by atoms with Gasteiger partial charge in [-0.2, -0.15) is 0 Å². The number of piperidine rings is 1. The average Bonchev–Trinajstić information content (AvgIpc) is 2.80. The van der Waals surface area contributed by atoms with Gasteiger partial charge in [0.1, 0.15) is 11.5 Å². The van der Waals surface area contributed by atoms with E-state index in [9.17, 15) is 24.8 Å². The van der Waals surface area contributed by atoms with Crippen molar-refractivity contribution in [2.24, 2.45) is 5.92 Å². The first-order valence-corrected chi connectivity index (χ1v) is 10.3. The van der Waals surface area contributed by atoms with Gasteiger partial charge in [-0.3, -0.25) is 24.6 Å². The standard InChI is InChI=1S/C22H26N4O6/c1-14(21(28)24-18-13-16(26(30)31)7-8-20(18)32-2)25-11-9-15(10-12-25)22(29)23-17-5-3-4-6-19(17)27/h3-8,13-15,27H,9-12H2,1-2H3,(H,23,29)(H,24,28)/t14-/m0/s1. The molecule has 10 heteroatoms. The molecule has 2 amide bonds. The Labute approximate surface area is 185 Å². The summed E-state index contributed by atoms with van der Waals surface area (Å²) in [6.07, 6.45) is 1.13. The summed E-state index contributed by atoms with van der Waals surface area (Å²) in [4.78, 5) is 37.8. The largest absolute Gasteiger partial charge is 0.506 e. The Hall–Kier alpha value is -3.66. The molecule has 1 heterocycles. The quantitative estimate of drug-likeness (QED) is 0.341. The molecule has 0 spiro atoms. The molecule has 2 aromatic carbocycles. The molecule has 3 N–H and O–H groups in total. The van der Waals surface area contributed by atoms with Crippen LogP contribution in [0.25, 0.3) is 0 Å². The number of rotatable bonds is 7. The number of nitro groups is 1. The van der Waals surface area contributed by atoms with Crippen molar-refractivity contribution >= 4 is 28.9 Å². The number of methoxy groups -OCH3 is 1. The van der Waals surface area contributed by atoms with Crippen molar-refractivity contribution < 1.29 is 24.4 Å². The first-order valence-electron chi connectivity index (χ1n) is 10.3. The summed E-state index contributed by atoms with van der Waals surface area (Å²) in [7, 11) is 1.42. The van der Waals surface area contributed by atoms with Gasteiger partial charge in [-0.1, -0.05) is 12.1 Å². The molecule has 0 aliphatic carbocycles. The van der Waals surface area contributed by atoms with E-state index in [2.05, 4.69) is 10.6 Å². The second-order valence-electron chi connectivity index (χ2n) is 7.62. The number of ether oxygens (including phenoxy) is 1. The second kappa shape index (κ2) is 10.1. The van der Waals surface area contributed by atoms with Crippen molar-refractivity contribution in [3.05, 3.63) is 52.6 Å². The number of aromatic hydroxyl groups is 1. The van der Waals surface area contributed by atoms with Crippen LogP contribution < -0.4 is 15.4 Å². The molecule has 3 rings (SSSR count). The highest BCUT2D eigenvalue weighted by Gasteiger charge is 2.30. The van der Waals surface area contributed by atoms with Gasteiger partial charge in [-0.05, 0) is 51.1 Å². The number of phenolic OH excluding ortho intramolecular Hbond substituents is 1. The number of nitrogens with zero attached hydrogens (tertiary/aromatic N) is 2. The van der Waals surface area contributed by atoms with Crippen LogP contribution in [0, 0.1) is 16.0 Å². The lowest BCUT2D eigenvalue weighted by Gasteiger charge is -2.34. The number of hydrogen-bond donors (Lipinski definition) is 3. The number of amides is 2. The normalized spacial score (nSPS) is 15.6. The van der Waals surface area contributed by atoms with Crippen molar-refractivity contribution in [1.29, 1.82) is 0 Å². The van der Waals surface area contributed by atoms with E-state index in [0.29, 0.717) is 37.4 Å². The molecule has 0 saturated carbocycles. The van der Waals surface area contributed by atoms with E-state index < -0.39 is 11.0 Å². The summed E-state index contributed by atoms with van der Waals surface area (Å²) in [5.41, 5.74) is 0.457. The number of phenols is 1. The fourth-order valence-electron chi connectivity index (χ4n) is 3.67. The van der Waals surface area contributed by atoms with Crippen LogP contribution in [0.15, 0.2) is 42.5 Å². The van der Waals surface area contributed by atoms with E-state index in [-0.39, 0.29) is 34.9 Å². The molecule has 0 aromatic heterocycles. The van der Waals surface area contributed by atoms with Crippen molar-refractivity contribution in [2.75, 3.05) is 30.8 Å². The van der Waals surface area contributed by atoms with Crippen molar-refractivity contribution in [3.63, 3.8) is 0 Å². The van der Waals surface area contributed by atoms with Crippen LogP contribution >= 0.6 is 0 Å². The van der Waals surface area contributed by atoms with Gasteiger partial charge in [0.25, 0.3) is 5.69 Å². The van der Waals surface area contributed by atoms with E-state index in [1.807, 2.05) is 4.90 Å². The first kappa shape index (κ1) is 23.0. The number of likely N-dealkylation sites (tertiary alicyclic amines) is 1. The van der Waals surface area contributed by atoms with E-state index >= 15 is 0 Å². The Morgan fingerprint density at radius 1 is 1.16 bits per heavy atom. The lowest BCUT2D eigenvalue weighted by Crippen LogP contribution is -2.47. The molecule has 2 aromatic rings. The number of carbonyl (C=O) groups excluding carboxylic acids is 2. The number of anilines is 2. The number of para-hydroxylation sites is 2. The zero-order valence-electron chi connectivity index (χ0n) is 17.9. The number of hydrogen-bond acceptors (Lipinski definition) is 7. The lowest BCUT2D eigenvalue weighted by molar-refractivity contribution is -0.384. The Balaban J connectivity index is 1.57. The van der Waals surface area contributed by atoms with Crippen LogP contribution in [-0.2, 0) is 9.59 Å². The Morgan fingerprint density at radius 3 is 2.47 bits per heavy atom. The van der Waals surface area contributed by atoms with Gasteiger partial charge in [0, 0.05) is 18.1 Å². The third-order valence-electron chi connectivity index (χ3n) is 5.64. The fraction of sp³-hybridized carbons (Fsp3) is 0.364. The lowest BCUT2D eigenvalue weighted by atomic mass is 9.94. The third-order valence-corrected chi connectivity index (χ3v) is 5.64. The van der Waals surface area contributed by atoms with E-state index in [1.165, 1.54) is 31.4 Å². The maximum absolute atomic E-state index is 12.8. The molecule has 0 radical (unpaired) electrons. The summed E-state index contributed by atoms with van der Waals surface area (Å²) in [5.74, 6) is -0.362. The zero-order valence-corrected chi connectivity index (χ0v) is 17.9. The third kappa shape index (κ3) is 5.33. The number of carbonyl (C=O) groups is 2. The fourth-order valence-corrected chi connectivity index (χ4v) is 3.67. The maximum Gasteiger partial charge on any atom is 0.271 e. The molecular weight excluding hydrogens is 416 g/mol. The predicted molar refractivity (Wildman–Crippen MR) is 119 cm³/mol. The van der Waals surface area contributed by atoms with Crippen LogP contribution in [0.4, 0.5) is 17.1 Å². The molecule has 1 saturated heterocycles. The molecule has 1 fully saturated rings. The highest BCUT2D eigenvalue weighted by atomic mass is 16.6. The van der Waals surface area contributed by atoms with Gasteiger partial charge in [0.15, 0.2) is 0 Å². The highest BCUT2D eigenvalue weighted by molar-refractivity contribution is 5.96. The summed E-state index contributed by atoms with van der Waals surface area (Å²) in [6.45, 7) is 2.83. The van der Waals surface area contributed by atoms with Crippen LogP contribution in [0.1, 0.15) is 19.8 Å². The Kier molecular flexibility index (Phi) is 7.26. The molecule has 0 bridgehead atoms. The predicted octanol–water partition coefficient (Wildman–Crippen LogP) is 2.99. The smallest absolute Gasteiger partial charge is 0.271 e. The minimum Gasteiger partial charge on any atom is -0.506 e. The summed E-state index contributed by atoms with van der Waals surface area (Å²) < 4.78 is 5.19. The van der Waals surface area contributed by atoms with E-state index in [4.69, 9.17) is 4.74 Å². The molecule has 32 heavy (non-hydrogen) atoms. The van der Waals surface area contributed by atoms with Gasteiger partial charge in [-0.15, -0.1) is 0 Å². The van der Waals surface area contributed by atoms with Crippen molar-refractivity contribution in [1.82, 2.24) is 4.90 Å². The Bertz CT molecular complexity index is 1000. The van der Waals surface area contributed by atoms with Gasteiger partial charge in [0.05, 0.1) is 29.4 Å². The molecule has 0 unspecified atom stereocenters. The summed E-state index contributed by atoms with van der Waals surface area (Å²) in [5, 5.41) is 26.3. The van der Waals surface area contributed by atoms with Gasteiger partial charge >= 0.3 is 0 Å². The number of nitrogens with one attached hydrogen (secondary N) is 2. The van der Waals surface area contributed by atoms with E-state index in [1.54, 1.807) is 25.1 Å². The zero-order chi connectivity index (χ0) is 23.3. The minimum atomic E-state index is -0.538. The summed E-state index contributed by atoms with van der Waals surface area (Å²) in [6, 6.07) is 10.1. The second-order valence-corrected chi connectivity index (χ2v) is 7.62. The van der Waals surface area contributed by atoms with Crippen LogP contribution in [0.5, 0.6) is 11.5 Å². The minimum absolute atomic E-state index is 0.0140. The topological polar surface area (TPSA) is 134 Å². The Morgan fingerprint density at radius 2 is 1.84 bits per heavy atom. The average molecular weight is 442 g/mol. The summed E-state index contributed by atoms with van der Waals surface area (Å²) >= 11 is 0. The monoisotopic (exact) mass is 442 g/mol. The van der Waals surface area contributed by atoms with Crippen molar-refractivity contribution in [3.8, 4) is 11.5 Å². The first-order chi connectivity index (χ1) is 15.3. The maximum atomic E-state index is 12.8. The number of non-ortho nitro benzene ring substituents is 1. The van der Waals surface area contributed by atoms with E-state index in [0.717, 1.165) is 0 Å². The van der Waals surface area contributed by atoms with Crippen LogP contribution in [0.2, 0.25) is 0 Å². The molecule has 170 valence electrons. The van der Waals surface area contributed by atoms with Crippen molar-refractivity contribution in [2.45, 2.75) is 25.8 Å². The molecular formula is C22H26N4O6. The number of nitro benzene ring substituents is 1. The van der Waals surface area contributed by atoms with Crippen LogP contribution in [0.3, 0.4) is 0 Å². The molecule has 10 nitrogen and oxygen atoms in total. The van der Waals surface area contributed by atoms with Crippen LogP contribution in [-0.4, -0.2) is 53.0 Å². The van der Waals surface area contributed by atoms with Gasteiger partial charge in [0.2, 0.25) is 11.8 Å². The molecule has 1 aliphatic heterocycles.